The molecule has 1 aromatic carbocycles. The van der Waals surface area contributed by atoms with Crippen molar-refractivity contribution < 1.29 is 0 Å². The van der Waals surface area contributed by atoms with Crippen LogP contribution in [-0.4, -0.2) is 0 Å². The molecule has 1 aromatic rings. The fourth-order valence-corrected chi connectivity index (χ4v) is 0.816. The molecular formula is C8H6ClNO. The molecule has 0 aromatic heterocycles. The summed E-state index contributed by atoms with van der Waals surface area (Å²) in [5, 5.41) is 3.27. The molecule has 0 saturated carbocycles. The van der Waals surface area contributed by atoms with Gasteiger partial charge in [-0.25, -0.2) is 0 Å². The number of benzene rings is 1. The van der Waals surface area contributed by atoms with E-state index in [2.05, 4.69) is 5.18 Å². The predicted molar refractivity (Wildman–Crippen MR) is 46.3 cm³/mol. The van der Waals surface area contributed by atoms with Crippen molar-refractivity contribution in [1.82, 2.24) is 0 Å². The van der Waals surface area contributed by atoms with Crippen LogP contribution in [0.15, 0.2) is 35.6 Å². The SMILES string of the molecule is O=N/C=C/c1ccc(Cl)cc1. The summed E-state index contributed by atoms with van der Waals surface area (Å²) in [7, 11) is 0. The fraction of sp³-hybridized carbons (Fsp3) is 0. The van der Waals surface area contributed by atoms with Crippen LogP contribution in [0.2, 0.25) is 5.02 Å². The van der Waals surface area contributed by atoms with Crippen molar-refractivity contribution in [2.24, 2.45) is 5.18 Å². The lowest BCUT2D eigenvalue weighted by molar-refractivity contribution is 1.55. The molecule has 1 rings (SSSR count). The summed E-state index contributed by atoms with van der Waals surface area (Å²) in [5.41, 5.74) is 0.911. The number of halogens is 1. The third-order valence-corrected chi connectivity index (χ3v) is 1.45. The molecule has 0 saturated heterocycles. The molecule has 0 spiro atoms. The molecule has 0 aliphatic carbocycles. The first-order chi connectivity index (χ1) is 5.33. The predicted octanol–water partition coefficient (Wildman–Crippen LogP) is 3.08. The van der Waals surface area contributed by atoms with Gasteiger partial charge < -0.3 is 0 Å². The maximum atomic E-state index is 9.68. The Kier molecular flexibility index (Phi) is 2.81. The Morgan fingerprint density at radius 1 is 1.27 bits per heavy atom. The highest BCUT2D eigenvalue weighted by Gasteiger charge is 1.85. The Morgan fingerprint density at radius 2 is 1.91 bits per heavy atom. The van der Waals surface area contributed by atoms with Gasteiger partial charge in [-0.05, 0) is 28.9 Å². The van der Waals surface area contributed by atoms with E-state index in [0.29, 0.717) is 5.02 Å². The van der Waals surface area contributed by atoms with E-state index in [1.165, 1.54) is 6.20 Å². The minimum atomic E-state index is 0.682. The first-order valence-corrected chi connectivity index (χ1v) is 3.45. The molecular weight excluding hydrogens is 162 g/mol. The maximum Gasteiger partial charge on any atom is 0.0720 e. The number of nitroso groups, excluding NO2 is 1. The normalized spacial score (nSPS) is 10.3. The number of nitrogens with zero attached hydrogens (tertiary/aromatic N) is 1. The van der Waals surface area contributed by atoms with Gasteiger partial charge in [-0.1, -0.05) is 23.7 Å². The minimum Gasteiger partial charge on any atom is -0.145 e. The lowest BCUT2D eigenvalue weighted by Crippen LogP contribution is -1.68. The fourth-order valence-electron chi connectivity index (χ4n) is 0.690. The minimum absolute atomic E-state index is 0.682. The highest BCUT2D eigenvalue weighted by Crippen LogP contribution is 2.10. The van der Waals surface area contributed by atoms with Crippen LogP contribution in [0, 0.1) is 4.91 Å². The Morgan fingerprint density at radius 3 is 2.45 bits per heavy atom. The van der Waals surface area contributed by atoms with Crippen LogP contribution in [0.3, 0.4) is 0 Å². The van der Waals surface area contributed by atoms with Crippen LogP contribution in [0.1, 0.15) is 5.56 Å². The van der Waals surface area contributed by atoms with Crippen LogP contribution in [0.25, 0.3) is 6.08 Å². The summed E-state index contributed by atoms with van der Waals surface area (Å²) in [6.45, 7) is 0. The van der Waals surface area contributed by atoms with Gasteiger partial charge in [-0.15, -0.1) is 4.91 Å². The van der Waals surface area contributed by atoms with Crippen molar-refractivity contribution in [2.45, 2.75) is 0 Å². The van der Waals surface area contributed by atoms with E-state index in [0.717, 1.165) is 5.56 Å². The molecule has 0 aliphatic heterocycles. The second-order valence-electron chi connectivity index (χ2n) is 1.97. The summed E-state index contributed by atoms with van der Waals surface area (Å²) >= 11 is 5.64. The lowest BCUT2D eigenvalue weighted by atomic mass is 10.2. The second-order valence-corrected chi connectivity index (χ2v) is 2.41. The van der Waals surface area contributed by atoms with Gasteiger partial charge in [0.15, 0.2) is 0 Å². The third-order valence-electron chi connectivity index (χ3n) is 1.20. The molecule has 11 heavy (non-hydrogen) atoms. The van der Waals surface area contributed by atoms with Crippen LogP contribution in [-0.2, 0) is 0 Å². The lowest BCUT2D eigenvalue weighted by Gasteiger charge is -1.90. The smallest absolute Gasteiger partial charge is 0.0720 e. The summed E-state index contributed by atoms with van der Waals surface area (Å²) in [4.78, 5) is 9.68. The molecule has 0 aliphatic rings. The molecule has 0 fully saturated rings. The number of hydrogen-bond acceptors (Lipinski definition) is 2. The molecule has 0 heterocycles. The largest absolute Gasteiger partial charge is 0.145 e. The van der Waals surface area contributed by atoms with E-state index in [1.54, 1.807) is 18.2 Å². The summed E-state index contributed by atoms with van der Waals surface area (Å²) in [6.07, 6.45) is 2.81. The first-order valence-electron chi connectivity index (χ1n) is 3.07. The standard InChI is InChI=1S/C8H6ClNO/c9-8-3-1-7(2-4-8)5-6-10-11/h1-6H/b6-5+. The van der Waals surface area contributed by atoms with Crippen molar-refractivity contribution in [3.05, 3.63) is 46.0 Å². The topological polar surface area (TPSA) is 29.4 Å². The van der Waals surface area contributed by atoms with Gasteiger partial charge in [0.25, 0.3) is 0 Å². The molecule has 0 bridgehead atoms. The van der Waals surface area contributed by atoms with E-state index in [1.807, 2.05) is 12.1 Å². The zero-order valence-electron chi connectivity index (χ0n) is 5.70. The highest BCUT2D eigenvalue weighted by atomic mass is 35.5. The molecule has 0 amide bonds. The van der Waals surface area contributed by atoms with Crippen LogP contribution in [0.5, 0.6) is 0 Å². The van der Waals surface area contributed by atoms with E-state index >= 15 is 0 Å². The molecule has 0 radical (unpaired) electrons. The molecule has 3 heteroatoms. The average molecular weight is 168 g/mol. The van der Waals surface area contributed by atoms with E-state index < -0.39 is 0 Å². The molecule has 0 unspecified atom stereocenters. The highest BCUT2D eigenvalue weighted by molar-refractivity contribution is 6.30. The first kappa shape index (κ1) is 7.95. The summed E-state index contributed by atoms with van der Waals surface area (Å²) in [6, 6.07) is 7.13. The molecule has 56 valence electrons. The second kappa shape index (κ2) is 3.88. The third kappa shape index (κ3) is 2.51. The maximum absolute atomic E-state index is 9.68. The van der Waals surface area contributed by atoms with Gasteiger partial charge in [-0.3, -0.25) is 0 Å². The van der Waals surface area contributed by atoms with Crippen LogP contribution < -0.4 is 0 Å². The van der Waals surface area contributed by atoms with Crippen molar-refractivity contribution in [3.8, 4) is 0 Å². The van der Waals surface area contributed by atoms with Gasteiger partial charge >= 0.3 is 0 Å². The van der Waals surface area contributed by atoms with Crippen molar-refractivity contribution in [2.75, 3.05) is 0 Å². The monoisotopic (exact) mass is 167 g/mol. The van der Waals surface area contributed by atoms with Gasteiger partial charge in [0.05, 0.1) is 6.20 Å². The van der Waals surface area contributed by atoms with Gasteiger partial charge in [0.1, 0.15) is 0 Å². The zero-order chi connectivity index (χ0) is 8.10. The molecule has 0 N–H and O–H groups in total. The van der Waals surface area contributed by atoms with Crippen molar-refractivity contribution in [3.63, 3.8) is 0 Å². The molecule has 2 nitrogen and oxygen atoms in total. The van der Waals surface area contributed by atoms with Crippen molar-refractivity contribution in [1.29, 1.82) is 0 Å². The quantitative estimate of drug-likeness (QED) is 0.623. The van der Waals surface area contributed by atoms with E-state index in [9.17, 15) is 4.91 Å². The Balaban J connectivity index is 2.81. The number of hydrogen-bond donors (Lipinski definition) is 0. The average Bonchev–Trinajstić information content (AvgIpc) is 2.04. The Labute approximate surface area is 69.5 Å². The van der Waals surface area contributed by atoms with Gasteiger partial charge in [0.2, 0.25) is 0 Å². The van der Waals surface area contributed by atoms with E-state index in [4.69, 9.17) is 11.6 Å². The van der Waals surface area contributed by atoms with Gasteiger partial charge in [0, 0.05) is 5.02 Å². The zero-order valence-corrected chi connectivity index (χ0v) is 6.45. The van der Waals surface area contributed by atoms with Gasteiger partial charge in [-0.2, -0.15) is 0 Å². The summed E-state index contributed by atoms with van der Waals surface area (Å²) in [5.74, 6) is 0. The Hall–Kier alpha value is -1.15. The van der Waals surface area contributed by atoms with Crippen LogP contribution >= 0.6 is 11.6 Å². The Bertz CT molecular complexity index is 266. The van der Waals surface area contributed by atoms with E-state index in [-0.39, 0.29) is 0 Å². The summed E-state index contributed by atoms with van der Waals surface area (Å²) < 4.78 is 0. The van der Waals surface area contributed by atoms with Crippen LogP contribution in [0.4, 0.5) is 0 Å². The molecule has 0 atom stereocenters. The van der Waals surface area contributed by atoms with Crippen molar-refractivity contribution >= 4 is 17.7 Å². The number of rotatable bonds is 2.